The molecular formula is C21H22F3N5O2. The number of aryl methyl sites for hydroxylation is 1. The van der Waals surface area contributed by atoms with Crippen LogP contribution in [0.2, 0.25) is 0 Å². The van der Waals surface area contributed by atoms with E-state index >= 15 is 0 Å². The molecule has 3 rings (SSSR count). The number of aromatic nitrogens is 3. The minimum absolute atomic E-state index is 0.00754. The maximum atomic E-state index is 13.2. The Morgan fingerprint density at radius 2 is 2.00 bits per heavy atom. The van der Waals surface area contributed by atoms with Crippen molar-refractivity contribution in [2.24, 2.45) is 0 Å². The summed E-state index contributed by atoms with van der Waals surface area (Å²) in [7, 11) is 3.31. The van der Waals surface area contributed by atoms with Crippen molar-refractivity contribution >= 4 is 11.6 Å². The molecule has 0 aliphatic heterocycles. The third-order valence-electron chi connectivity index (χ3n) is 4.55. The average molecular weight is 433 g/mol. The summed E-state index contributed by atoms with van der Waals surface area (Å²) in [5, 5.41) is 6.51. The number of nitrogens with zero attached hydrogens (tertiary/aromatic N) is 4. The molecule has 0 atom stereocenters. The zero-order chi connectivity index (χ0) is 22.6. The van der Waals surface area contributed by atoms with E-state index in [2.05, 4.69) is 15.4 Å². The molecule has 0 fully saturated rings. The fourth-order valence-electron chi connectivity index (χ4n) is 3.16. The Kier molecular flexibility index (Phi) is 6.59. The molecular weight excluding hydrogens is 411 g/mol. The fourth-order valence-corrected chi connectivity index (χ4v) is 3.16. The molecule has 7 nitrogen and oxygen atoms in total. The van der Waals surface area contributed by atoms with Gasteiger partial charge in [0.1, 0.15) is 18.4 Å². The van der Waals surface area contributed by atoms with E-state index in [4.69, 9.17) is 4.74 Å². The van der Waals surface area contributed by atoms with Crippen LogP contribution < -0.4 is 10.1 Å². The number of methoxy groups -OCH3 is 1. The number of amides is 1. The van der Waals surface area contributed by atoms with Gasteiger partial charge in [0.15, 0.2) is 0 Å². The van der Waals surface area contributed by atoms with Gasteiger partial charge in [-0.1, -0.05) is 17.7 Å². The van der Waals surface area contributed by atoms with E-state index in [1.807, 2.05) is 25.1 Å². The molecule has 1 aromatic heterocycles. The van der Waals surface area contributed by atoms with Crippen LogP contribution in [-0.2, 0) is 17.5 Å². The number of benzene rings is 2. The van der Waals surface area contributed by atoms with Crippen LogP contribution in [0.5, 0.6) is 5.75 Å². The van der Waals surface area contributed by atoms with Gasteiger partial charge in [-0.15, -0.1) is 0 Å². The number of carbonyl (C=O) groups is 1. The van der Waals surface area contributed by atoms with Crippen molar-refractivity contribution in [3.8, 4) is 11.4 Å². The van der Waals surface area contributed by atoms with Gasteiger partial charge in [-0.2, -0.15) is 18.3 Å². The summed E-state index contributed by atoms with van der Waals surface area (Å²) in [6, 6.07) is 8.80. The maximum absolute atomic E-state index is 13.2. The monoisotopic (exact) mass is 433 g/mol. The summed E-state index contributed by atoms with van der Waals surface area (Å²) in [5.74, 6) is 0.235. The lowest BCUT2D eigenvalue weighted by molar-refractivity contribution is -0.137. The highest BCUT2D eigenvalue weighted by Gasteiger charge is 2.31. The third-order valence-corrected chi connectivity index (χ3v) is 4.55. The number of rotatable bonds is 7. The normalized spacial score (nSPS) is 11.6. The van der Waals surface area contributed by atoms with Gasteiger partial charge in [0.05, 0.1) is 30.6 Å². The number of anilines is 1. The molecule has 0 aliphatic carbocycles. The van der Waals surface area contributed by atoms with Crippen LogP contribution in [0, 0.1) is 6.92 Å². The summed E-state index contributed by atoms with van der Waals surface area (Å²) in [6.07, 6.45) is -1.94. The number of nitrogens with one attached hydrogen (secondary N) is 1. The second-order valence-corrected chi connectivity index (χ2v) is 7.11. The number of hydrogen-bond donors (Lipinski definition) is 1. The van der Waals surface area contributed by atoms with Gasteiger partial charge in [0.2, 0.25) is 5.91 Å². The summed E-state index contributed by atoms with van der Waals surface area (Å²) >= 11 is 0. The minimum atomic E-state index is -4.54. The summed E-state index contributed by atoms with van der Waals surface area (Å²) in [6.45, 7) is 2.34. The van der Waals surface area contributed by atoms with Gasteiger partial charge in [-0.25, -0.2) is 9.67 Å². The van der Waals surface area contributed by atoms with Gasteiger partial charge in [0, 0.05) is 12.1 Å². The zero-order valence-corrected chi connectivity index (χ0v) is 17.3. The molecule has 0 spiro atoms. The smallest absolute Gasteiger partial charge is 0.416 e. The van der Waals surface area contributed by atoms with Crippen LogP contribution in [0.3, 0.4) is 0 Å². The van der Waals surface area contributed by atoms with Crippen molar-refractivity contribution in [2.75, 3.05) is 26.0 Å². The first-order valence-electron chi connectivity index (χ1n) is 9.35. The Morgan fingerprint density at radius 3 is 2.65 bits per heavy atom. The van der Waals surface area contributed by atoms with Gasteiger partial charge in [-0.3, -0.25) is 9.69 Å². The van der Waals surface area contributed by atoms with Crippen molar-refractivity contribution in [1.82, 2.24) is 19.7 Å². The van der Waals surface area contributed by atoms with Crippen LogP contribution in [0.4, 0.5) is 18.9 Å². The van der Waals surface area contributed by atoms with Crippen LogP contribution in [-0.4, -0.2) is 46.3 Å². The van der Waals surface area contributed by atoms with Crippen molar-refractivity contribution in [1.29, 1.82) is 0 Å². The van der Waals surface area contributed by atoms with Crippen LogP contribution in [0.15, 0.2) is 49.1 Å². The minimum Gasteiger partial charge on any atom is -0.496 e. The third kappa shape index (κ3) is 5.60. The molecule has 0 unspecified atom stereocenters. The van der Waals surface area contributed by atoms with Crippen LogP contribution in [0.1, 0.15) is 16.7 Å². The van der Waals surface area contributed by atoms with E-state index in [0.29, 0.717) is 12.3 Å². The Balaban J connectivity index is 1.77. The number of carbonyl (C=O) groups excluding carboxylic acids is 1. The van der Waals surface area contributed by atoms with Crippen LogP contribution >= 0.6 is 0 Å². The Bertz CT molecular complexity index is 1050. The number of halogens is 3. The highest BCUT2D eigenvalue weighted by Crippen LogP contribution is 2.33. The summed E-state index contributed by atoms with van der Waals surface area (Å²) in [5.41, 5.74) is 1.36. The van der Waals surface area contributed by atoms with E-state index in [1.54, 1.807) is 19.1 Å². The Morgan fingerprint density at radius 1 is 1.23 bits per heavy atom. The summed E-state index contributed by atoms with van der Waals surface area (Å²) in [4.78, 5) is 18.2. The topological polar surface area (TPSA) is 72.3 Å². The second kappa shape index (κ2) is 9.17. The van der Waals surface area contributed by atoms with E-state index in [9.17, 15) is 18.0 Å². The Labute approximate surface area is 177 Å². The van der Waals surface area contributed by atoms with Crippen LogP contribution in [0.25, 0.3) is 5.69 Å². The number of ether oxygens (including phenoxy) is 1. The first-order chi connectivity index (χ1) is 14.7. The number of hydrogen-bond acceptors (Lipinski definition) is 5. The molecule has 2 aromatic carbocycles. The summed E-state index contributed by atoms with van der Waals surface area (Å²) < 4.78 is 46.1. The lowest BCUT2D eigenvalue weighted by Gasteiger charge is -2.19. The molecule has 10 heteroatoms. The fraction of sp³-hybridized carbons (Fsp3) is 0.286. The van der Waals surface area contributed by atoms with Gasteiger partial charge < -0.3 is 10.1 Å². The quantitative estimate of drug-likeness (QED) is 0.616. The van der Waals surface area contributed by atoms with E-state index in [0.717, 1.165) is 23.3 Å². The molecule has 0 saturated heterocycles. The van der Waals surface area contributed by atoms with E-state index < -0.39 is 17.6 Å². The number of likely N-dealkylation sites (N-methyl/N-ethyl adjacent to an activating group) is 1. The molecule has 0 saturated carbocycles. The SMILES string of the molecule is COc1ccc(C)cc1CN(C)CC(=O)Nc1cc(C(F)(F)F)ccc1-n1cncn1. The lowest BCUT2D eigenvalue weighted by Crippen LogP contribution is -2.30. The van der Waals surface area contributed by atoms with Crippen molar-refractivity contribution < 1.29 is 22.7 Å². The first kappa shape index (κ1) is 22.3. The average Bonchev–Trinajstić information content (AvgIpc) is 3.21. The largest absolute Gasteiger partial charge is 0.496 e. The van der Waals surface area contributed by atoms with Crippen molar-refractivity contribution in [3.63, 3.8) is 0 Å². The standard InChI is InChI=1S/C21H22F3N5O2/c1-14-4-7-19(31-3)15(8-14)10-28(2)11-20(30)27-17-9-16(21(22,23)24)5-6-18(17)29-13-25-12-26-29/h4-9,12-13H,10-11H2,1-3H3,(H,27,30). The highest BCUT2D eigenvalue weighted by atomic mass is 19.4. The molecule has 31 heavy (non-hydrogen) atoms. The maximum Gasteiger partial charge on any atom is 0.416 e. The lowest BCUT2D eigenvalue weighted by atomic mass is 10.1. The van der Waals surface area contributed by atoms with Gasteiger partial charge in [0.25, 0.3) is 0 Å². The van der Waals surface area contributed by atoms with Gasteiger partial charge >= 0.3 is 6.18 Å². The first-order valence-corrected chi connectivity index (χ1v) is 9.35. The molecule has 0 radical (unpaired) electrons. The van der Waals surface area contributed by atoms with E-state index in [-0.39, 0.29) is 17.9 Å². The van der Waals surface area contributed by atoms with Gasteiger partial charge in [-0.05, 0) is 38.2 Å². The predicted molar refractivity (Wildman–Crippen MR) is 109 cm³/mol. The molecule has 0 aliphatic rings. The zero-order valence-electron chi connectivity index (χ0n) is 17.3. The highest BCUT2D eigenvalue weighted by molar-refractivity contribution is 5.94. The second-order valence-electron chi connectivity index (χ2n) is 7.11. The molecule has 1 amide bonds. The van der Waals surface area contributed by atoms with Crippen molar-refractivity contribution in [3.05, 3.63) is 65.7 Å². The molecule has 0 bridgehead atoms. The molecule has 3 aromatic rings. The van der Waals surface area contributed by atoms with Crippen molar-refractivity contribution in [2.45, 2.75) is 19.6 Å². The van der Waals surface area contributed by atoms with E-state index in [1.165, 1.54) is 23.4 Å². The molecule has 164 valence electrons. The predicted octanol–water partition coefficient (Wildman–Crippen LogP) is 3.67. The molecule has 1 N–H and O–H groups in total. The molecule has 1 heterocycles. The Hall–Kier alpha value is -3.40. The number of alkyl halides is 3.